The van der Waals surface area contributed by atoms with Gasteiger partial charge in [0.1, 0.15) is 12.2 Å². The van der Waals surface area contributed by atoms with E-state index in [4.69, 9.17) is 5.73 Å². The topological polar surface area (TPSA) is 60.0 Å². The number of nitrogens with two attached hydrogens (primary N) is 1. The first-order valence-electron chi connectivity index (χ1n) is 4.58. The summed E-state index contributed by atoms with van der Waals surface area (Å²) in [6.07, 6.45) is 2.95. The van der Waals surface area contributed by atoms with Crippen LogP contribution in [0.5, 0.6) is 0 Å². The molecule has 2 rings (SSSR count). The Balaban J connectivity index is 1.95. The standard InChI is InChI=1S/C8H15N5/c1-12-6-10-11-8(12)5-13-3-2-7(13)4-9/h6-7H,2-5,9H2,1H3. The fourth-order valence-electron chi connectivity index (χ4n) is 1.60. The molecule has 0 radical (unpaired) electrons. The van der Waals surface area contributed by atoms with Gasteiger partial charge in [-0.15, -0.1) is 10.2 Å². The maximum Gasteiger partial charge on any atom is 0.146 e. The Bertz CT molecular complexity index is 280. The predicted octanol–water partition coefficient (Wildman–Crippen LogP) is -0.652. The maximum atomic E-state index is 5.61. The zero-order valence-electron chi connectivity index (χ0n) is 7.85. The number of aryl methyl sites for hydroxylation is 1. The molecule has 2 N–H and O–H groups in total. The Morgan fingerprint density at radius 3 is 3.00 bits per heavy atom. The number of aromatic nitrogens is 3. The van der Waals surface area contributed by atoms with E-state index in [2.05, 4.69) is 15.1 Å². The van der Waals surface area contributed by atoms with Crippen molar-refractivity contribution in [1.29, 1.82) is 0 Å². The highest BCUT2D eigenvalue weighted by Crippen LogP contribution is 2.17. The van der Waals surface area contributed by atoms with Crippen LogP contribution in [0.4, 0.5) is 0 Å². The lowest BCUT2D eigenvalue weighted by molar-refractivity contribution is 0.0839. The van der Waals surface area contributed by atoms with Gasteiger partial charge in [0, 0.05) is 26.2 Å². The summed E-state index contributed by atoms with van der Waals surface area (Å²) < 4.78 is 1.95. The van der Waals surface area contributed by atoms with Crippen molar-refractivity contribution in [3.8, 4) is 0 Å². The van der Waals surface area contributed by atoms with Crippen molar-refractivity contribution in [3.05, 3.63) is 12.2 Å². The molecule has 1 aromatic heterocycles. The first-order chi connectivity index (χ1) is 6.31. The van der Waals surface area contributed by atoms with Crippen LogP contribution < -0.4 is 5.73 Å². The number of hydrogen-bond donors (Lipinski definition) is 1. The van der Waals surface area contributed by atoms with Crippen LogP contribution in [0.2, 0.25) is 0 Å². The van der Waals surface area contributed by atoms with Crippen LogP contribution in [-0.4, -0.2) is 38.8 Å². The fourth-order valence-corrected chi connectivity index (χ4v) is 1.60. The minimum absolute atomic E-state index is 0.552. The molecule has 1 aliphatic rings. The molecule has 0 bridgehead atoms. The van der Waals surface area contributed by atoms with Gasteiger partial charge < -0.3 is 10.3 Å². The molecular weight excluding hydrogens is 166 g/mol. The Morgan fingerprint density at radius 2 is 2.54 bits per heavy atom. The first kappa shape index (κ1) is 8.65. The van der Waals surface area contributed by atoms with Crippen molar-refractivity contribution in [3.63, 3.8) is 0 Å². The molecule has 0 saturated carbocycles. The average Bonchev–Trinajstić information content (AvgIpc) is 2.46. The van der Waals surface area contributed by atoms with Crippen molar-refractivity contribution in [1.82, 2.24) is 19.7 Å². The lowest BCUT2D eigenvalue weighted by Crippen LogP contribution is -2.51. The van der Waals surface area contributed by atoms with E-state index in [9.17, 15) is 0 Å². The summed E-state index contributed by atoms with van der Waals surface area (Å²) in [5.74, 6) is 1.01. The molecule has 1 saturated heterocycles. The van der Waals surface area contributed by atoms with Gasteiger partial charge in [-0.3, -0.25) is 4.90 Å². The summed E-state index contributed by atoms with van der Waals surface area (Å²) in [5, 5.41) is 7.88. The predicted molar refractivity (Wildman–Crippen MR) is 48.9 cm³/mol. The molecule has 1 fully saturated rings. The van der Waals surface area contributed by atoms with Crippen molar-refractivity contribution < 1.29 is 0 Å². The van der Waals surface area contributed by atoms with Gasteiger partial charge in [0.2, 0.25) is 0 Å². The van der Waals surface area contributed by atoms with Gasteiger partial charge in [-0.25, -0.2) is 0 Å². The third kappa shape index (κ3) is 1.57. The lowest BCUT2D eigenvalue weighted by atomic mass is 10.0. The summed E-state index contributed by atoms with van der Waals surface area (Å²) in [5.41, 5.74) is 5.61. The largest absolute Gasteiger partial charge is 0.329 e. The van der Waals surface area contributed by atoms with E-state index in [1.165, 1.54) is 6.42 Å². The van der Waals surface area contributed by atoms with Crippen LogP contribution in [0.25, 0.3) is 0 Å². The quantitative estimate of drug-likeness (QED) is 0.673. The maximum absolute atomic E-state index is 5.61. The van der Waals surface area contributed by atoms with Gasteiger partial charge in [0.05, 0.1) is 6.54 Å². The number of likely N-dealkylation sites (tertiary alicyclic amines) is 1. The summed E-state index contributed by atoms with van der Waals surface area (Å²) in [6, 6.07) is 0.552. The van der Waals surface area contributed by atoms with E-state index >= 15 is 0 Å². The number of rotatable bonds is 3. The fraction of sp³-hybridized carbons (Fsp3) is 0.750. The highest BCUT2D eigenvalue weighted by Gasteiger charge is 2.27. The Morgan fingerprint density at radius 1 is 1.69 bits per heavy atom. The molecule has 5 nitrogen and oxygen atoms in total. The molecule has 0 aliphatic carbocycles. The van der Waals surface area contributed by atoms with E-state index in [1.54, 1.807) is 6.33 Å². The summed E-state index contributed by atoms with van der Waals surface area (Å²) >= 11 is 0. The van der Waals surface area contributed by atoms with Crippen molar-refractivity contribution >= 4 is 0 Å². The second-order valence-electron chi connectivity index (χ2n) is 3.51. The SMILES string of the molecule is Cn1cnnc1CN1CCC1CN. The van der Waals surface area contributed by atoms with Crippen LogP contribution in [-0.2, 0) is 13.6 Å². The van der Waals surface area contributed by atoms with Gasteiger partial charge in [-0.2, -0.15) is 0 Å². The molecule has 2 heterocycles. The monoisotopic (exact) mass is 181 g/mol. The minimum atomic E-state index is 0.552. The molecule has 72 valence electrons. The van der Waals surface area contributed by atoms with E-state index in [0.717, 1.165) is 25.5 Å². The Labute approximate surface area is 77.5 Å². The first-order valence-corrected chi connectivity index (χ1v) is 4.58. The van der Waals surface area contributed by atoms with Crippen LogP contribution in [0.1, 0.15) is 12.2 Å². The van der Waals surface area contributed by atoms with E-state index in [-0.39, 0.29) is 0 Å². The van der Waals surface area contributed by atoms with Crippen LogP contribution in [0.3, 0.4) is 0 Å². The highest BCUT2D eigenvalue weighted by molar-refractivity contribution is 4.91. The molecule has 1 atom stereocenters. The minimum Gasteiger partial charge on any atom is -0.329 e. The van der Waals surface area contributed by atoms with Crippen molar-refractivity contribution in [2.45, 2.75) is 19.0 Å². The van der Waals surface area contributed by atoms with Gasteiger partial charge in [-0.05, 0) is 6.42 Å². The molecule has 13 heavy (non-hydrogen) atoms. The van der Waals surface area contributed by atoms with E-state index < -0.39 is 0 Å². The zero-order chi connectivity index (χ0) is 9.26. The highest BCUT2D eigenvalue weighted by atomic mass is 15.3. The van der Waals surface area contributed by atoms with Crippen molar-refractivity contribution in [2.24, 2.45) is 12.8 Å². The summed E-state index contributed by atoms with van der Waals surface area (Å²) in [6.45, 7) is 2.75. The normalized spacial score (nSPS) is 23.1. The van der Waals surface area contributed by atoms with Gasteiger partial charge in [-0.1, -0.05) is 0 Å². The molecule has 5 heteroatoms. The molecule has 1 aromatic rings. The van der Waals surface area contributed by atoms with Crippen LogP contribution >= 0.6 is 0 Å². The molecular formula is C8H15N5. The molecule has 0 aromatic carbocycles. The molecule has 0 amide bonds. The number of hydrogen-bond acceptors (Lipinski definition) is 4. The summed E-state index contributed by atoms with van der Waals surface area (Å²) in [7, 11) is 1.96. The third-order valence-corrected chi connectivity index (χ3v) is 2.69. The van der Waals surface area contributed by atoms with Gasteiger partial charge >= 0.3 is 0 Å². The Kier molecular flexibility index (Phi) is 2.28. The molecule has 1 unspecified atom stereocenters. The Hall–Kier alpha value is -0.940. The van der Waals surface area contributed by atoms with Gasteiger partial charge in [0.25, 0.3) is 0 Å². The van der Waals surface area contributed by atoms with E-state index in [0.29, 0.717) is 6.04 Å². The van der Waals surface area contributed by atoms with Crippen LogP contribution in [0.15, 0.2) is 6.33 Å². The second kappa shape index (κ2) is 3.43. The molecule has 0 spiro atoms. The van der Waals surface area contributed by atoms with E-state index in [1.807, 2.05) is 11.6 Å². The zero-order valence-corrected chi connectivity index (χ0v) is 7.85. The molecule has 1 aliphatic heterocycles. The number of nitrogens with zero attached hydrogens (tertiary/aromatic N) is 4. The summed E-state index contributed by atoms with van der Waals surface area (Å²) in [4.78, 5) is 2.34. The smallest absolute Gasteiger partial charge is 0.146 e. The average molecular weight is 181 g/mol. The second-order valence-corrected chi connectivity index (χ2v) is 3.51. The van der Waals surface area contributed by atoms with Gasteiger partial charge in [0.15, 0.2) is 0 Å². The van der Waals surface area contributed by atoms with Crippen LogP contribution in [0, 0.1) is 0 Å². The third-order valence-electron chi connectivity index (χ3n) is 2.69. The van der Waals surface area contributed by atoms with Crippen molar-refractivity contribution in [2.75, 3.05) is 13.1 Å². The lowest BCUT2D eigenvalue weighted by Gasteiger charge is -2.39.